The topological polar surface area (TPSA) is 65.5 Å². The third-order valence-electron chi connectivity index (χ3n) is 2.98. The zero-order valence-corrected chi connectivity index (χ0v) is 12.1. The molecule has 0 aliphatic carbocycles. The van der Waals surface area contributed by atoms with Crippen LogP contribution in [0.15, 0.2) is 12.1 Å². The number of carbonyl (C=O) groups is 1. The third-order valence-corrected chi connectivity index (χ3v) is 2.98. The number of likely N-dealkylation sites (N-methyl/N-ethyl adjacent to an activating group) is 1. The molecule has 106 valence electrons. The van der Waals surface area contributed by atoms with Crippen LogP contribution in [0.5, 0.6) is 0 Å². The molecule has 0 spiro atoms. The highest BCUT2D eigenvalue weighted by Crippen LogP contribution is 2.18. The first-order valence-corrected chi connectivity index (χ1v) is 6.63. The van der Waals surface area contributed by atoms with Crippen LogP contribution >= 0.6 is 0 Å². The molecular weight excluding hydrogens is 242 g/mol. The van der Waals surface area contributed by atoms with Gasteiger partial charge in [0.25, 0.3) is 5.91 Å². The van der Waals surface area contributed by atoms with Crippen LogP contribution in [-0.2, 0) is 0 Å². The molecule has 2 N–H and O–H groups in total. The maximum Gasteiger partial charge on any atom is 0.254 e. The summed E-state index contributed by atoms with van der Waals surface area (Å²) >= 11 is 0. The molecule has 5 nitrogen and oxygen atoms in total. The average molecular weight is 265 g/mol. The lowest BCUT2D eigenvalue weighted by molar-refractivity contribution is 0.0732. The second kappa shape index (κ2) is 7.09. The Balaban J connectivity index is 3.10. The van der Waals surface area contributed by atoms with Crippen molar-refractivity contribution >= 4 is 11.7 Å². The lowest BCUT2D eigenvalue weighted by atomic mass is 10.1. The predicted octanol–water partition coefficient (Wildman–Crippen LogP) is 1.70. The number of hydrogen-bond acceptors (Lipinski definition) is 4. The first-order chi connectivity index (χ1) is 9.03. The van der Waals surface area contributed by atoms with E-state index in [1.807, 2.05) is 26.8 Å². The molecule has 1 aromatic heterocycles. The Kier molecular flexibility index (Phi) is 5.76. The molecule has 0 radical (unpaired) electrons. The summed E-state index contributed by atoms with van der Waals surface area (Å²) in [7, 11) is 1.78. The van der Waals surface area contributed by atoms with E-state index >= 15 is 0 Å². The van der Waals surface area contributed by atoms with E-state index in [9.17, 15) is 4.79 Å². The quantitative estimate of drug-likeness (QED) is 0.821. The number of rotatable bonds is 6. The first kappa shape index (κ1) is 15.4. The van der Waals surface area contributed by atoms with Crippen LogP contribution in [0.2, 0.25) is 0 Å². The lowest BCUT2D eigenvalue weighted by Crippen LogP contribution is -2.33. The highest BCUT2D eigenvalue weighted by Gasteiger charge is 2.16. The molecule has 19 heavy (non-hydrogen) atoms. The van der Waals surface area contributed by atoms with E-state index < -0.39 is 0 Å². The number of amides is 1. The summed E-state index contributed by atoms with van der Waals surface area (Å²) < 4.78 is 0. The Morgan fingerprint density at radius 3 is 2.63 bits per heavy atom. The van der Waals surface area contributed by atoms with Crippen molar-refractivity contribution in [2.45, 2.75) is 26.7 Å². The number of anilines is 1. The van der Waals surface area contributed by atoms with Gasteiger partial charge in [-0.3, -0.25) is 4.79 Å². The van der Waals surface area contributed by atoms with Crippen LogP contribution in [0.4, 0.5) is 5.82 Å². The van der Waals surface area contributed by atoms with Gasteiger partial charge in [0.05, 0.1) is 6.61 Å². The molecule has 0 saturated heterocycles. The summed E-state index contributed by atoms with van der Waals surface area (Å²) in [5, 5.41) is 12.0. The van der Waals surface area contributed by atoms with E-state index in [1.165, 1.54) is 0 Å². The van der Waals surface area contributed by atoms with Crippen LogP contribution in [-0.4, -0.2) is 47.6 Å². The molecule has 0 saturated carbocycles. The second-order valence-corrected chi connectivity index (χ2v) is 4.68. The number of aliphatic hydroxyl groups excluding tert-OH is 1. The van der Waals surface area contributed by atoms with Crippen molar-refractivity contribution in [1.29, 1.82) is 0 Å². The molecule has 0 bridgehead atoms. The van der Waals surface area contributed by atoms with Gasteiger partial charge < -0.3 is 15.3 Å². The highest BCUT2D eigenvalue weighted by molar-refractivity contribution is 5.95. The summed E-state index contributed by atoms with van der Waals surface area (Å²) in [6.07, 6.45) is 0. The van der Waals surface area contributed by atoms with Crippen molar-refractivity contribution in [2.24, 2.45) is 0 Å². The Bertz CT molecular complexity index is 433. The molecule has 5 heteroatoms. The van der Waals surface area contributed by atoms with Crippen molar-refractivity contribution < 1.29 is 9.90 Å². The van der Waals surface area contributed by atoms with Crippen LogP contribution < -0.4 is 5.32 Å². The minimum absolute atomic E-state index is 0.0272. The highest BCUT2D eigenvalue weighted by atomic mass is 16.3. The monoisotopic (exact) mass is 265 g/mol. The van der Waals surface area contributed by atoms with E-state index in [4.69, 9.17) is 5.11 Å². The van der Waals surface area contributed by atoms with Gasteiger partial charge in [0, 0.05) is 31.4 Å². The molecule has 0 aromatic carbocycles. The largest absolute Gasteiger partial charge is 0.395 e. The van der Waals surface area contributed by atoms with Gasteiger partial charge in [-0.05, 0) is 25.0 Å². The third kappa shape index (κ3) is 3.92. The molecule has 1 amide bonds. The van der Waals surface area contributed by atoms with Crippen LogP contribution in [0.1, 0.15) is 42.7 Å². The number of hydrogen-bond donors (Lipinski definition) is 2. The van der Waals surface area contributed by atoms with Gasteiger partial charge in [-0.15, -0.1) is 0 Å². The number of nitrogens with one attached hydrogen (secondary N) is 1. The minimum Gasteiger partial charge on any atom is -0.395 e. The average Bonchev–Trinajstić information content (AvgIpc) is 2.43. The number of pyridine rings is 1. The van der Waals surface area contributed by atoms with Gasteiger partial charge in [0.2, 0.25) is 0 Å². The number of nitrogens with zero attached hydrogens (tertiary/aromatic N) is 2. The normalized spacial score (nSPS) is 10.6. The summed E-state index contributed by atoms with van der Waals surface area (Å²) in [5.74, 6) is 0.875. The first-order valence-electron chi connectivity index (χ1n) is 6.63. The van der Waals surface area contributed by atoms with E-state index in [-0.39, 0.29) is 18.4 Å². The Morgan fingerprint density at radius 2 is 2.16 bits per heavy atom. The molecule has 1 aromatic rings. The second-order valence-electron chi connectivity index (χ2n) is 4.68. The van der Waals surface area contributed by atoms with Crippen molar-refractivity contribution in [3.05, 3.63) is 23.4 Å². The van der Waals surface area contributed by atoms with Gasteiger partial charge >= 0.3 is 0 Å². The van der Waals surface area contributed by atoms with Gasteiger partial charge in [-0.2, -0.15) is 0 Å². The summed E-state index contributed by atoms with van der Waals surface area (Å²) in [5.41, 5.74) is 1.49. The lowest BCUT2D eigenvalue weighted by Gasteiger charge is -2.20. The number of aliphatic hydroxyl groups is 1. The molecule has 0 fully saturated rings. The smallest absolute Gasteiger partial charge is 0.254 e. The van der Waals surface area contributed by atoms with Crippen molar-refractivity contribution in [1.82, 2.24) is 9.88 Å². The maximum absolute atomic E-state index is 12.4. The molecule has 1 rings (SSSR count). The zero-order valence-electron chi connectivity index (χ0n) is 12.1. The van der Waals surface area contributed by atoms with E-state index in [1.54, 1.807) is 18.0 Å². The predicted molar refractivity (Wildman–Crippen MR) is 76.5 cm³/mol. The Hall–Kier alpha value is -1.62. The fraction of sp³-hybridized carbons (Fsp3) is 0.571. The van der Waals surface area contributed by atoms with Crippen molar-refractivity contribution in [3.63, 3.8) is 0 Å². The Morgan fingerprint density at radius 1 is 1.47 bits per heavy atom. The standard InChI is InChI=1S/C14H23N3O2/c1-5-17(6-7-18)14(19)11-8-12(10(2)3)16-13(9-11)15-4/h8-10,18H,5-7H2,1-4H3,(H,15,16). The van der Waals surface area contributed by atoms with Gasteiger partial charge in [0.1, 0.15) is 5.82 Å². The molecule has 1 heterocycles. The van der Waals surface area contributed by atoms with Crippen molar-refractivity contribution in [2.75, 3.05) is 32.1 Å². The summed E-state index contributed by atoms with van der Waals surface area (Å²) in [4.78, 5) is 18.4. The van der Waals surface area contributed by atoms with Gasteiger partial charge in [-0.1, -0.05) is 13.8 Å². The SMILES string of the molecule is CCN(CCO)C(=O)c1cc(NC)nc(C(C)C)c1. The summed E-state index contributed by atoms with van der Waals surface area (Å²) in [6, 6.07) is 3.57. The van der Waals surface area contributed by atoms with Gasteiger partial charge in [-0.25, -0.2) is 4.98 Å². The van der Waals surface area contributed by atoms with E-state index in [0.717, 1.165) is 5.69 Å². The van der Waals surface area contributed by atoms with Crippen LogP contribution in [0.25, 0.3) is 0 Å². The molecule has 0 unspecified atom stereocenters. The Labute approximate surface area is 114 Å². The van der Waals surface area contributed by atoms with Crippen molar-refractivity contribution in [3.8, 4) is 0 Å². The molecule has 0 aliphatic heterocycles. The zero-order chi connectivity index (χ0) is 14.4. The van der Waals surface area contributed by atoms with E-state index in [2.05, 4.69) is 10.3 Å². The number of carbonyl (C=O) groups excluding carboxylic acids is 1. The number of aromatic nitrogens is 1. The maximum atomic E-state index is 12.4. The van der Waals surface area contributed by atoms with E-state index in [0.29, 0.717) is 24.5 Å². The molecule has 0 aliphatic rings. The van der Waals surface area contributed by atoms with Crippen LogP contribution in [0.3, 0.4) is 0 Å². The minimum atomic E-state index is -0.0719. The fourth-order valence-electron chi connectivity index (χ4n) is 1.81. The van der Waals surface area contributed by atoms with Crippen LogP contribution in [0, 0.1) is 0 Å². The van der Waals surface area contributed by atoms with Gasteiger partial charge in [0.15, 0.2) is 0 Å². The summed E-state index contributed by atoms with van der Waals surface area (Å²) in [6.45, 7) is 6.89. The fourth-order valence-corrected chi connectivity index (χ4v) is 1.81. The molecule has 0 atom stereocenters. The molecular formula is C14H23N3O2.